The average Bonchev–Trinajstić information content (AvgIpc) is 2.66. The van der Waals surface area contributed by atoms with Gasteiger partial charge in [0.1, 0.15) is 0 Å². The normalized spacial score (nSPS) is 17.0. The Bertz CT molecular complexity index is 600. The van der Waals surface area contributed by atoms with E-state index in [0.29, 0.717) is 30.8 Å². The smallest absolute Gasteiger partial charge is 0.274 e. The number of hydrogen-bond donors (Lipinski definition) is 0. The van der Waals surface area contributed by atoms with Crippen LogP contribution < -0.4 is 0 Å². The van der Waals surface area contributed by atoms with E-state index in [1.807, 2.05) is 13.8 Å². The zero-order chi connectivity index (χ0) is 14.2. The van der Waals surface area contributed by atoms with Crippen molar-refractivity contribution in [2.75, 3.05) is 18.8 Å². The van der Waals surface area contributed by atoms with Crippen LogP contribution in [-0.2, 0) is 29.1 Å². The fraction of sp³-hybridized carbons (Fsp3) is 0.667. The summed E-state index contributed by atoms with van der Waals surface area (Å²) >= 11 is 0. The number of hydrogen-bond acceptors (Lipinski definition) is 4. The minimum Gasteiger partial charge on any atom is -0.338 e. The molecule has 0 spiro atoms. The third-order valence-corrected chi connectivity index (χ3v) is 5.10. The van der Waals surface area contributed by atoms with Gasteiger partial charge in [-0.15, -0.1) is 0 Å². The second-order valence-corrected chi connectivity index (χ2v) is 6.90. The first kappa shape index (κ1) is 14.0. The van der Waals surface area contributed by atoms with Gasteiger partial charge in [-0.05, 0) is 13.8 Å². The SMILES string of the molecule is CCN(CC)C(=O)c1nn(C)c2c1CS(=O)(=O)CC2. The van der Waals surface area contributed by atoms with E-state index in [1.165, 1.54) is 0 Å². The summed E-state index contributed by atoms with van der Waals surface area (Å²) in [6.45, 7) is 4.97. The second kappa shape index (κ2) is 4.96. The number of amides is 1. The van der Waals surface area contributed by atoms with E-state index in [4.69, 9.17) is 0 Å². The number of sulfone groups is 1. The number of carbonyl (C=O) groups excluding carboxylic acids is 1. The lowest BCUT2D eigenvalue weighted by atomic mass is 10.1. The monoisotopic (exact) mass is 285 g/mol. The van der Waals surface area contributed by atoms with Crippen molar-refractivity contribution in [2.24, 2.45) is 7.05 Å². The first-order valence-electron chi connectivity index (χ1n) is 6.44. The second-order valence-electron chi connectivity index (χ2n) is 4.72. The zero-order valence-electron chi connectivity index (χ0n) is 11.5. The molecule has 7 heteroatoms. The molecule has 0 bridgehead atoms. The summed E-state index contributed by atoms with van der Waals surface area (Å²) in [7, 11) is -1.34. The molecule has 106 valence electrons. The Morgan fingerprint density at radius 3 is 2.58 bits per heavy atom. The molecule has 19 heavy (non-hydrogen) atoms. The van der Waals surface area contributed by atoms with Crippen molar-refractivity contribution in [2.45, 2.75) is 26.0 Å². The lowest BCUT2D eigenvalue weighted by Crippen LogP contribution is -2.32. The molecule has 0 unspecified atom stereocenters. The van der Waals surface area contributed by atoms with Gasteiger partial charge in [0.25, 0.3) is 5.91 Å². The van der Waals surface area contributed by atoms with Gasteiger partial charge in [-0.25, -0.2) is 8.42 Å². The van der Waals surface area contributed by atoms with E-state index >= 15 is 0 Å². The minimum atomic E-state index is -3.10. The quantitative estimate of drug-likeness (QED) is 0.804. The topological polar surface area (TPSA) is 72.3 Å². The van der Waals surface area contributed by atoms with Crippen LogP contribution in [0.5, 0.6) is 0 Å². The molecule has 1 aliphatic heterocycles. The van der Waals surface area contributed by atoms with Crippen molar-refractivity contribution in [1.29, 1.82) is 0 Å². The maximum Gasteiger partial charge on any atom is 0.274 e. The molecule has 0 radical (unpaired) electrons. The number of aromatic nitrogens is 2. The van der Waals surface area contributed by atoms with E-state index in [1.54, 1.807) is 16.6 Å². The summed E-state index contributed by atoms with van der Waals surface area (Å²) in [5.74, 6) is -0.115. The number of carbonyl (C=O) groups is 1. The van der Waals surface area contributed by atoms with Crippen LogP contribution in [0.3, 0.4) is 0 Å². The zero-order valence-corrected chi connectivity index (χ0v) is 12.3. The number of rotatable bonds is 3. The molecule has 0 atom stereocenters. The Balaban J connectivity index is 2.46. The van der Waals surface area contributed by atoms with E-state index in [-0.39, 0.29) is 17.4 Å². The fourth-order valence-corrected chi connectivity index (χ4v) is 3.84. The first-order valence-corrected chi connectivity index (χ1v) is 8.26. The average molecular weight is 285 g/mol. The highest BCUT2D eigenvalue weighted by Gasteiger charge is 2.31. The van der Waals surface area contributed by atoms with Crippen LogP contribution in [0.1, 0.15) is 35.6 Å². The van der Waals surface area contributed by atoms with E-state index in [2.05, 4.69) is 5.10 Å². The van der Waals surface area contributed by atoms with Crippen LogP contribution in [0.25, 0.3) is 0 Å². The van der Waals surface area contributed by atoms with E-state index in [9.17, 15) is 13.2 Å². The first-order chi connectivity index (χ1) is 8.89. The van der Waals surface area contributed by atoms with Gasteiger partial charge in [0.05, 0.1) is 11.5 Å². The fourth-order valence-electron chi connectivity index (χ4n) is 2.44. The molecule has 0 aromatic carbocycles. The predicted octanol–water partition coefficient (Wildman–Crippen LogP) is 0.373. The van der Waals surface area contributed by atoms with Crippen molar-refractivity contribution in [1.82, 2.24) is 14.7 Å². The summed E-state index contributed by atoms with van der Waals surface area (Å²) in [6, 6.07) is 0. The summed E-state index contributed by atoms with van der Waals surface area (Å²) < 4.78 is 25.1. The van der Waals surface area contributed by atoms with Gasteiger partial charge < -0.3 is 4.90 Å². The lowest BCUT2D eigenvalue weighted by molar-refractivity contribution is 0.0765. The van der Waals surface area contributed by atoms with Gasteiger partial charge in [-0.1, -0.05) is 0 Å². The standard InChI is InChI=1S/C12H19N3O3S/c1-4-15(5-2)12(16)11-9-8-19(17,18)7-6-10(9)14(3)13-11/h4-8H2,1-3H3. The van der Waals surface area contributed by atoms with Crippen LogP contribution in [0.15, 0.2) is 0 Å². The minimum absolute atomic E-state index is 0.0709. The molecule has 0 fully saturated rings. The van der Waals surface area contributed by atoms with Crippen molar-refractivity contribution in [3.05, 3.63) is 17.0 Å². The summed E-state index contributed by atoms with van der Waals surface area (Å²) in [5.41, 5.74) is 1.75. The summed E-state index contributed by atoms with van der Waals surface area (Å²) in [6.07, 6.45) is 0.437. The Morgan fingerprint density at radius 1 is 1.37 bits per heavy atom. The van der Waals surface area contributed by atoms with Gasteiger partial charge in [0, 0.05) is 37.8 Å². The third-order valence-electron chi connectivity index (χ3n) is 3.54. The van der Waals surface area contributed by atoms with Gasteiger partial charge >= 0.3 is 0 Å². The summed E-state index contributed by atoms with van der Waals surface area (Å²) in [5, 5.41) is 4.24. The Kier molecular flexibility index (Phi) is 3.66. The van der Waals surface area contributed by atoms with Crippen molar-refractivity contribution < 1.29 is 13.2 Å². The van der Waals surface area contributed by atoms with Crippen molar-refractivity contribution >= 4 is 15.7 Å². The summed E-state index contributed by atoms with van der Waals surface area (Å²) in [4.78, 5) is 14.0. The Labute approximate surface area is 113 Å². The molecule has 1 aromatic rings. The maximum atomic E-state index is 12.4. The number of aryl methyl sites for hydroxylation is 1. The Morgan fingerprint density at radius 2 is 2.00 bits per heavy atom. The highest BCUT2D eigenvalue weighted by molar-refractivity contribution is 7.90. The molecule has 0 N–H and O–H groups in total. The number of fused-ring (bicyclic) bond motifs is 1. The van der Waals surface area contributed by atoms with Crippen LogP contribution in [0.2, 0.25) is 0 Å². The molecular weight excluding hydrogens is 266 g/mol. The molecule has 1 amide bonds. The van der Waals surface area contributed by atoms with Crippen molar-refractivity contribution in [3.8, 4) is 0 Å². The maximum absolute atomic E-state index is 12.4. The molecule has 0 saturated carbocycles. The molecule has 2 heterocycles. The molecule has 1 aliphatic rings. The molecule has 1 aromatic heterocycles. The van der Waals surface area contributed by atoms with Gasteiger partial charge in [-0.3, -0.25) is 9.48 Å². The number of nitrogens with zero attached hydrogens (tertiary/aromatic N) is 3. The molecular formula is C12H19N3O3S. The van der Waals surface area contributed by atoms with Crippen LogP contribution >= 0.6 is 0 Å². The predicted molar refractivity (Wildman–Crippen MR) is 71.7 cm³/mol. The van der Waals surface area contributed by atoms with Crippen molar-refractivity contribution in [3.63, 3.8) is 0 Å². The molecule has 2 rings (SSSR count). The molecule has 0 aliphatic carbocycles. The largest absolute Gasteiger partial charge is 0.338 e. The third kappa shape index (κ3) is 2.51. The van der Waals surface area contributed by atoms with Gasteiger partial charge in [-0.2, -0.15) is 5.10 Å². The molecule has 6 nitrogen and oxygen atoms in total. The van der Waals surface area contributed by atoms with E-state index in [0.717, 1.165) is 5.69 Å². The highest BCUT2D eigenvalue weighted by Crippen LogP contribution is 2.24. The van der Waals surface area contributed by atoms with Gasteiger partial charge in [0.15, 0.2) is 15.5 Å². The Hall–Kier alpha value is -1.37. The van der Waals surface area contributed by atoms with Crippen LogP contribution in [-0.4, -0.2) is 47.8 Å². The van der Waals surface area contributed by atoms with Gasteiger partial charge in [0.2, 0.25) is 0 Å². The van der Waals surface area contributed by atoms with Crippen LogP contribution in [0.4, 0.5) is 0 Å². The highest BCUT2D eigenvalue weighted by atomic mass is 32.2. The lowest BCUT2D eigenvalue weighted by Gasteiger charge is -2.19. The van der Waals surface area contributed by atoms with E-state index < -0.39 is 9.84 Å². The van der Waals surface area contributed by atoms with Crippen LogP contribution in [0, 0.1) is 0 Å². The molecule has 0 saturated heterocycles.